The number of H-pyrrole nitrogens is 1. The molecule has 0 saturated heterocycles. The lowest BCUT2D eigenvalue weighted by atomic mass is 10.1. The third-order valence-corrected chi connectivity index (χ3v) is 3.46. The Kier molecular flexibility index (Phi) is 3.78. The van der Waals surface area contributed by atoms with Gasteiger partial charge in [0, 0.05) is 23.3 Å². The maximum atomic E-state index is 12.3. The van der Waals surface area contributed by atoms with Gasteiger partial charge in [0.1, 0.15) is 5.75 Å². The monoisotopic (exact) mass is 296 g/mol. The van der Waals surface area contributed by atoms with Gasteiger partial charge in [-0.15, -0.1) is 0 Å². The molecule has 2 aromatic heterocycles. The first-order valence-electron chi connectivity index (χ1n) is 7.01. The van der Waals surface area contributed by atoms with Crippen LogP contribution in [0.1, 0.15) is 17.3 Å². The Morgan fingerprint density at radius 2 is 2.00 bits per heavy atom. The van der Waals surface area contributed by atoms with Crippen LogP contribution in [0.3, 0.4) is 0 Å². The second kappa shape index (κ2) is 5.89. The summed E-state index contributed by atoms with van der Waals surface area (Å²) in [5.41, 5.74) is 2.98. The summed E-state index contributed by atoms with van der Waals surface area (Å²) in [7, 11) is 1.62. The fraction of sp³-hybridized carbons (Fsp3) is 0.176. The molecule has 0 atom stereocenters. The number of rotatable bonds is 4. The Morgan fingerprint density at radius 3 is 2.68 bits per heavy atom. The van der Waals surface area contributed by atoms with Crippen molar-refractivity contribution in [2.75, 3.05) is 13.7 Å². The van der Waals surface area contributed by atoms with Crippen molar-refractivity contribution in [1.29, 1.82) is 0 Å². The van der Waals surface area contributed by atoms with E-state index in [4.69, 9.17) is 9.47 Å². The SMILES string of the molecule is CCOC(=O)c1c(-c2ccc(OC)cc2)[nH]c2ccncc12. The molecule has 2 heterocycles. The molecule has 0 amide bonds. The number of hydrogen-bond donors (Lipinski definition) is 1. The van der Waals surface area contributed by atoms with Crippen molar-refractivity contribution in [3.63, 3.8) is 0 Å². The molecular weight excluding hydrogens is 280 g/mol. The summed E-state index contributed by atoms with van der Waals surface area (Å²) in [5.74, 6) is 0.409. The number of nitrogens with one attached hydrogen (secondary N) is 1. The van der Waals surface area contributed by atoms with Gasteiger partial charge in [-0.3, -0.25) is 4.98 Å². The van der Waals surface area contributed by atoms with Gasteiger partial charge in [0.2, 0.25) is 0 Å². The maximum Gasteiger partial charge on any atom is 0.341 e. The quantitative estimate of drug-likeness (QED) is 0.749. The number of pyridine rings is 1. The highest BCUT2D eigenvalue weighted by molar-refractivity contribution is 6.09. The molecule has 0 radical (unpaired) electrons. The number of methoxy groups -OCH3 is 1. The largest absolute Gasteiger partial charge is 0.497 e. The first-order chi connectivity index (χ1) is 10.7. The molecule has 112 valence electrons. The molecule has 0 aliphatic heterocycles. The third-order valence-electron chi connectivity index (χ3n) is 3.46. The predicted octanol–water partition coefficient (Wildman–Crippen LogP) is 3.42. The molecule has 3 aromatic rings. The normalized spacial score (nSPS) is 10.6. The number of aromatic nitrogens is 2. The number of fused-ring (bicyclic) bond motifs is 1. The van der Waals surface area contributed by atoms with Crippen LogP contribution >= 0.6 is 0 Å². The molecule has 0 aliphatic carbocycles. The number of nitrogens with zero attached hydrogens (tertiary/aromatic N) is 1. The van der Waals surface area contributed by atoms with Crippen molar-refractivity contribution in [1.82, 2.24) is 9.97 Å². The van der Waals surface area contributed by atoms with E-state index in [0.717, 1.165) is 27.9 Å². The summed E-state index contributed by atoms with van der Waals surface area (Å²) < 4.78 is 10.4. The Bertz CT molecular complexity index is 806. The molecule has 0 unspecified atom stereocenters. The van der Waals surface area contributed by atoms with Crippen LogP contribution in [0.25, 0.3) is 22.2 Å². The number of esters is 1. The second-order valence-electron chi connectivity index (χ2n) is 4.75. The van der Waals surface area contributed by atoms with E-state index in [2.05, 4.69) is 9.97 Å². The minimum Gasteiger partial charge on any atom is -0.497 e. The van der Waals surface area contributed by atoms with E-state index in [1.807, 2.05) is 30.3 Å². The van der Waals surface area contributed by atoms with Gasteiger partial charge in [0.05, 0.1) is 25.0 Å². The van der Waals surface area contributed by atoms with Crippen molar-refractivity contribution in [3.05, 3.63) is 48.3 Å². The van der Waals surface area contributed by atoms with Crippen molar-refractivity contribution in [3.8, 4) is 17.0 Å². The molecule has 1 aromatic carbocycles. The fourth-order valence-electron chi connectivity index (χ4n) is 2.42. The van der Waals surface area contributed by atoms with Gasteiger partial charge >= 0.3 is 5.97 Å². The van der Waals surface area contributed by atoms with Crippen molar-refractivity contribution in [2.24, 2.45) is 0 Å². The zero-order valence-corrected chi connectivity index (χ0v) is 12.4. The van der Waals surface area contributed by atoms with E-state index in [9.17, 15) is 4.79 Å². The van der Waals surface area contributed by atoms with Crippen molar-refractivity contribution in [2.45, 2.75) is 6.92 Å². The fourth-order valence-corrected chi connectivity index (χ4v) is 2.42. The topological polar surface area (TPSA) is 64.2 Å². The summed E-state index contributed by atoms with van der Waals surface area (Å²) in [6, 6.07) is 9.35. The van der Waals surface area contributed by atoms with Crippen molar-refractivity contribution < 1.29 is 14.3 Å². The zero-order valence-electron chi connectivity index (χ0n) is 12.4. The first kappa shape index (κ1) is 14.1. The van der Waals surface area contributed by atoms with Gasteiger partial charge in [0.25, 0.3) is 0 Å². The van der Waals surface area contributed by atoms with E-state index in [0.29, 0.717) is 12.2 Å². The smallest absolute Gasteiger partial charge is 0.341 e. The maximum absolute atomic E-state index is 12.3. The summed E-state index contributed by atoms with van der Waals surface area (Å²) in [4.78, 5) is 19.7. The summed E-state index contributed by atoms with van der Waals surface area (Å²) >= 11 is 0. The van der Waals surface area contributed by atoms with E-state index < -0.39 is 0 Å². The Labute approximate surface area is 127 Å². The lowest BCUT2D eigenvalue weighted by Gasteiger charge is -2.06. The molecule has 0 spiro atoms. The number of carbonyl (C=O) groups is 1. The van der Waals surface area contributed by atoms with Crippen LogP contribution < -0.4 is 4.74 Å². The molecule has 0 saturated carbocycles. The second-order valence-corrected chi connectivity index (χ2v) is 4.75. The number of aromatic amines is 1. The molecule has 0 aliphatic rings. The average Bonchev–Trinajstić information content (AvgIpc) is 2.94. The van der Waals surface area contributed by atoms with Crippen LogP contribution in [0.2, 0.25) is 0 Å². The molecule has 3 rings (SSSR count). The Morgan fingerprint density at radius 1 is 1.23 bits per heavy atom. The van der Waals surface area contributed by atoms with Gasteiger partial charge in [-0.2, -0.15) is 0 Å². The molecule has 0 fully saturated rings. The standard InChI is InChI=1S/C17H16N2O3/c1-3-22-17(20)15-13-10-18-9-8-14(13)19-16(15)11-4-6-12(21-2)7-5-11/h4-10,19H,3H2,1-2H3. The number of hydrogen-bond acceptors (Lipinski definition) is 4. The van der Waals surface area contributed by atoms with E-state index in [-0.39, 0.29) is 5.97 Å². The number of ether oxygens (including phenoxy) is 2. The van der Waals surface area contributed by atoms with E-state index in [1.165, 1.54) is 0 Å². The highest BCUT2D eigenvalue weighted by Gasteiger charge is 2.20. The van der Waals surface area contributed by atoms with Crippen LogP contribution in [0.15, 0.2) is 42.7 Å². The highest BCUT2D eigenvalue weighted by atomic mass is 16.5. The van der Waals surface area contributed by atoms with E-state index >= 15 is 0 Å². The number of benzene rings is 1. The van der Waals surface area contributed by atoms with E-state index in [1.54, 1.807) is 26.4 Å². The highest BCUT2D eigenvalue weighted by Crippen LogP contribution is 2.31. The van der Waals surface area contributed by atoms with Gasteiger partial charge < -0.3 is 14.5 Å². The lowest BCUT2D eigenvalue weighted by Crippen LogP contribution is -2.05. The lowest BCUT2D eigenvalue weighted by molar-refractivity contribution is 0.0529. The Hall–Kier alpha value is -2.82. The van der Waals surface area contributed by atoms with Gasteiger partial charge in [0.15, 0.2) is 0 Å². The average molecular weight is 296 g/mol. The van der Waals surface area contributed by atoms with Gasteiger partial charge in [-0.25, -0.2) is 4.79 Å². The Balaban J connectivity index is 2.18. The third kappa shape index (κ3) is 2.41. The molecule has 1 N–H and O–H groups in total. The van der Waals surface area contributed by atoms with Crippen LogP contribution in [-0.4, -0.2) is 29.7 Å². The minimum absolute atomic E-state index is 0.327. The van der Waals surface area contributed by atoms with Gasteiger partial charge in [-0.05, 0) is 42.8 Å². The first-order valence-corrected chi connectivity index (χ1v) is 7.01. The van der Waals surface area contributed by atoms with Crippen LogP contribution in [0.4, 0.5) is 0 Å². The summed E-state index contributed by atoms with van der Waals surface area (Å²) in [6.45, 7) is 2.12. The van der Waals surface area contributed by atoms with Crippen LogP contribution in [0, 0.1) is 0 Å². The molecule has 22 heavy (non-hydrogen) atoms. The number of carbonyl (C=O) groups excluding carboxylic acids is 1. The minimum atomic E-state index is -0.354. The molecule has 0 bridgehead atoms. The van der Waals surface area contributed by atoms with Gasteiger partial charge in [-0.1, -0.05) is 0 Å². The van der Waals surface area contributed by atoms with Crippen molar-refractivity contribution >= 4 is 16.9 Å². The van der Waals surface area contributed by atoms with Crippen LogP contribution in [-0.2, 0) is 4.74 Å². The predicted molar refractivity (Wildman–Crippen MR) is 84.0 cm³/mol. The zero-order chi connectivity index (χ0) is 15.5. The molecule has 5 heteroatoms. The molecule has 5 nitrogen and oxygen atoms in total. The summed E-state index contributed by atoms with van der Waals surface area (Å²) in [5, 5.41) is 0.756. The summed E-state index contributed by atoms with van der Waals surface area (Å²) in [6.07, 6.45) is 3.36. The molecular formula is C17H16N2O3. The van der Waals surface area contributed by atoms with Crippen LogP contribution in [0.5, 0.6) is 5.75 Å².